The average Bonchev–Trinajstić information content (AvgIpc) is 3.15. The van der Waals surface area contributed by atoms with Crippen LogP contribution in [0.3, 0.4) is 0 Å². The van der Waals surface area contributed by atoms with Gasteiger partial charge in [-0.1, -0.05) is 18.2 Å². The third-order valence-electron chi connectivity index (χ3n) is 4.10. The summed E-state index contributed by atoms with van der Waals surface area (Å²) < 4.78 is 38.5. The average molecular weight is 340 g/mol. The molecule has 7 heteroatoms. The minimum Gasteiger partial charge on any atom is -0.337 e. The van der Waals surface area contributed by atoms with Gasteiger partial charge < -0.3 is 4.90 Å². The van der Waals surface area contributed by atoms with Crippen molar-refractivity contribution >= 4 is 17.2 Å². The van der Waals surface area contributed by atoms with Crippen LogP contribution >= 0.6 is 11.3 Å². The van der Waals surface area contributed by atoms with E-state index in [0.29, 0.717) is 35.6 Å². The highest BCUT2D eigenvalue weighted by molar-refractivity contribution is 7.11. The zero-order valence-electron chi connectivity index (χ0n) is 12.4. The van der Waals surface area contributed by atoms with Crippen LogP contribution in [0.25, 0.3) is 0 Å². The molecule has 3 nitrogen and oxygen atoms in total. The zero-order chi connectivity index (χ0) is 16.6. The fourth-order valence-corrected chi connectivity index (χ4v) is 3.61. The lowest BCUT2D eigenvalue weighted by molar-refractivity contribution is -0.137. The summed E-state index contributed by atoms with van der Waals surface area (Å²) >= 11 is 1.30. The molecule has 0 unspecified atom stereocenters. The van der Waals surface area contributed by atoms with Crippen molar-refractivity contribution < 1.29 is 18.0 Å². The van der Waals surface area contributed by atoms with E-state index in [4.69, 9.17) is 0 Å². The Morgan fingerprint density at radius 3 is 2.83 bits per heavy atom. The summed E-state index contributed by atoms with van der Waals surface area (Å²) in [5.41, 5.74) is 2.32. The summed E-state index contributed by atoms with van der Waals surface area (Å²) in [7, 11) is 0. The van der Waals surface area contributed by atoms with Crippen LogP contribution in [-0.4, -0.2) is 28.9 Å². The number of hydrogen-bond acceptors (Lipinski definition) is 3. The van der Waals surface area contributed by atoms with Gasteiger partial charge in [0, 0.05) is 19.0 Å². The first-order valence-corrected chi connectivity index (χ1v) is 8.10. The van der Waals surface area contributed by atoms with E-state index in [1.165, 1.54) is 23.5 Å². The van der Waals surface area contributed by atoms with E-state index in [-0.39, 0.29) is 11.8 Å². The van der Waals surface area contributed by atoms with Crippen molar-refractivity contribution in [2.75, 3.05) is 13.1 Å². The van der Waals surface area contributed by atoms with E-state index in [9.17, 15) is 18.0 Å². The van der Waals surface area contributed by atoms with E-state index in [1.54, 1.807) is 23.4 Å². The molecule has 0 bridgehead atoms. The second kappa shape index (κ2) is 5.96. The van der Waals surface area contributed by atoms with Crippen molar-refractivity contribution in [3.63, 3.8) is 0 Å². The lowest BCUT2D eigenvalue weighted by atomic mass is 9.96. The van der Waals surface area contributed by atoms with Gasteiger partial charge in [-0.3, -0.25) is 4.79 Å². The molecule has 23 heavy (non-hydrogen) atoms. The maximum atomic E-state index is 12.8. The highest BCUT2D eigenvalue weighted by atomic mass is 32.1. The van der Waals surface area contributed by atoms with Gasteiger partial charge in [0.15, 0.2) is 0 Å². The number of hydrogen-bond donors (Lipinski definition) is 0. The van der Waals surface area contributed by atoms with Crippen LogP contribution in [0.15, 0.2) is 29.8 Å². The fraction of sp³-hybridized carbons (Fsp3) is 0.375. The molecule has 1 fully saturated rings. The Hall–Kier alpha value is -1.89. The maximum absolute atomic E-state index is 12.8. The van der Waals surface area contributed by atoms with Crippen molar-refractivity contribution in [2.45, 2.75) is 25.4 Å². The third kappa shape index (κ3) is 3.24. The van der Waals surface area contributed by atoms with Crippen molar-refractivity contribution in [3.8, 4) is 0 Å². The van der Waals surface area contributed by atoms with E-state index in [0.717, 1.165) is 6.07 Å². The molecule has 3 rings (SSSR count). The zero-order valence-corrected chi connectivity index (χ0v) is 13.2. The van der Waals surface area contributed by atoms with Gasteiger partial charge in [-0.25, -0.2) is 4.98 Å². The molecule has 0 radical (unpaired) electrons. The van der Waals surface area contributed by atoms with Gasteiger partial charge in [0.05, 0.1) is 16.8 Å². The molecule has 1 saturated heterocycles. The van der Waals surface area contributed by atoms with Crippen LogP contribution in [0.5, 0.6) is 0 Å². The molecule has 1 aromatic carbocycles. The van der Waals surface area contributed by atoms with Crippen molar-refractivity contribution in [1.29, 1.82) is 0 Å². The first-order valence-electron chi connectivity index (χ1n) is 7.23. The Morgan fingerprint density at radius 2 is 2.17 bits per heavy atom. The molecule has 122 valence electrons. The van der Waals surface area contributed by atoms with Gasteiger partial charge >= 0.3 is 6.18 Å². The molecular weight excluding hydrogens is 325 g/mol. The van der Waals surface area contributed by atoms with Crippen LogP contribution in [0, 0.1) is 6.92 Å². The quantitative estimate of drug-likeness (QED) is 0.825. The summed E-state index contributed by atoms with van der Waals surface area (Å²) in [5.74, 6) is -0.144. The Morgan fingerprint density at radius 1 is 1.39 bits per heavy atom. The molecule has 1 aliphatic rings. The molecule has 1 atom stereocenters. The SMILES string of the molecule is Cc1ncsc1C(=O)N1CC[C@@H](c2cccc(C(F)(F)F)c2)C1. The molecule has 0 spiro atoms. The number of rotatable bonds is 2. The molecule has 2 heterocycles. The number of carbonyl (C=O) groups is 1. The normalized spacial score (nSPS) is 18.4. The van der Waals surface area contributed by atoms with Crippen molar-refractivity contribution in [1.82, 2.24) is 9.88 Å². The summed E-state index contributed by atoms with van der Waals surface area (Å²) in [4.78, 5) is 18.8. The molecule has 0 saturated carbocycles. The minimum absolute atomic E-state index is 0.0607. The number of thiazole rings is 1. The highest BCUT2D eigenvalue weighted by Gasteiger charge is 2.33. The summed E-state index contributed by atoms with van der Waals surface area (Å²) in [6.45, 7) is 2.78. The number of likely N-dealkylation sites (tertiary alicyclic amines) is 1. The summed E-state index contributed by atoms with van der Waals surface area (Å²) in [6, 6.07) is 5.39. The summed E-state index contributed by atoms with van der Waals surface area (Å²) in [6.07, 6.45) is -3.67. The Labute approximate surface area is 135 Å². The summed E-state index contributed by atoms with van der Waals surface area (Å²) in [5, 5.41) is 0. The van der Waals surface area contributed by atoms with E-state index in [2.05, 4.69) is 4.98 Å². The molecular formula is C16H15F3N2OS. The second-order valence-corrected chi connectivity index (χ2v) is 6.48. The van der Waals surface area contributed by atoms with Crippen LogP contribution in [0.1, 0.15) is 38.8 Å². The lowest BCUT2D eigenvalue weighted by Crippen LogP contribution is -2.28. The predicted molar refractivity (Wildman–Crippen MR) is 81.6 cm³/mol. The largest absolute Gasteiger partial charge is 0.416 e. The topological polar surface area (TPSA) is 33.2 Å². The predicted octanol–water partition coefficient (Wildman–Crippen LogP) is 4.10. The molecule has 0 aliphatic carbocycles. The van der Waals surface area contributed by atoms with Gasteiger partial charge in [-0.2, -0.15) is 13.2 Å². The highest BCUT2D eigenvalue weighted by Crippen LogP contribution is 2.34. The number of benzene rings is 1. The Bertz CT molecular complexity index is 726. The molecule has 1 amide bonds. The van der Waals surface area contributed by atoms with Crippen LogP contribution in [-0.2, 0) is 6.18 Å². The van der Waals surface area contributed by atoms with Crippen LogP contribution in [0.4, 0.5) is 13.2 Å². The van der Waals surface area contributed by atoms with Gasteiger partial charge in [0.25, 0.3) is 5.91 Å². The minimum atomic E-state index is -4.34. The van der Waals surface area contributed by atoms with E-state index >= 15 is 0 Å². The van der Waals surface area contributed by atoms with Gasteiger partial charge in [0.2, 0.25) is 0 Å². The number of halogens is 3. The van der Waals surface area contributed by atoms with Crippen molar-refractivity contribution in [3.05, 3.63) is 51.5 Å². The fourth-order valence-electron chi connectivity index (χ4n) is 2.84. The van der Waals surface area contributed by atoms with Crippen LogP contribution in [0.2, 0.25) is 0 Å². The van der Waals surface area contributed by atoms with Crippen molar-refractivity contribution in [2.24, 2.45) is 0 Å². The number of aryl methyl sites for hydroxylation is 1. The van der Waals surface area contributed by atoms with Crippen LogP contribution < -0.4 is 0 Å². The number of amides is 1. The standard InChI is InChI=1S/C16H15F3N2OS/c1-10-14(23-9-20-10)15(22)21-6-5-12(8-21)11-3-2-4-13(7-11)16(17,18)19/h2-4,7,9,12H,5-6,8H2,1H3/t12-/m1/s1. The Balaban J connectivity index is 1.75. The molecule has 2 aromatic rings. The molecule has 1 aliphatic heterocycles. The molecule has 1 aromatic heterocycles. The smallest absolute Gasteiger partial charge is 0.337 e. The van der Waals surface area contributed by atoms with E-state index < -0.39 is 11.7 Å². The second-order valence-electron chi connectivity index (χ2n) is 5.63. The number of carbonyl (C=O) groups excluding carboxylic acids is 1. The lowest BCUT2D eigenvalue weighted by Gasteiger charge is -2.17. The van der Waals surface area contributed by atoms with Gasteiger partial charge in [-0.05, 0) is 25.0 Å². The van der Waals surface area contributed by atoms with Gasteiger partial charge in [0.1, 0.15) is 4.88 Å². The van der Waals surface area contributed by atoms with Gasteiger partial charge in [-0.15, -0.1) is 11.3 Å². The first-order chi connectivity index (χ1) is 10.9. The Kier molecular flexibility index (Phi) is 4.14. The number of aromatic nitrogens is 1. The monoisotopic (exact) mass is 340 g/mol. The third-order valence-corrected chi connectivity index (χ3v) is 5.02. The maximum Gasteiger partial charge on any atom is 0.416 e. The number of alkyl halides is 3. The van der Waals surface area contributed by atoms with E-state index in [1.807, 2.05) is 0 Å². The number of nitrogens with zero attached hydrogens (tertiary/aromatic N) is 2. The molecule has 0 N–H and O–H groups in total. The first kappa shape index (κ1) is 16.0.